The van der Waals surface area contributed by atoms with Crippen LogP contribution in [0.3, 0.4) is 0 Å². The Bertz CT molecular complexity index is 1140. The van der Waals surface area contributed by atoms with Gasteiger partial charge in [-0.2, -0.15) is 5.10 Å². The van der Waals surface area contributed by atoms with Crippen LogP contribution >= 0.6 is 34.8 Å². The highest BCUT2D eigenvalue weighted by atomic mass is 35.5. The lowest BCUT2D eigenvalue weighted by Gasteiger charge is -2.10. The van der Waals surface area contributed by atoms with Crippen LogP contribution in [0.4, 0.5) is 5.69 Å². The van der Waals surface area contributed by atoms with Gasteiger partial charge in [-0.25, -0.2) is 5.43 Å². The lowest BCUT2D eigenvalue weighted by molar-refractivity contribution is -0.136. The summed E-state index contributed by atoms with van der Waals surface area (Å²) in [5, 5.41) is 7.20. The molecule has 0 bridgehead atoms. The average molecular weight is 477 g/mol. The van der Waals surface area contributed by atoms with Crippen LogP contribution in [0.1, 0.15) is 11.1 Å². The minimum absolute atomic E-state index is 0.137. The summed E-state index contributed by atoms with van der Waals surface area (Å²) < 4.78 is 5.82. The first-order valence-electron chi connectivity index (χ1n) is 8.99. The predicted octanol–water partition coefficient (Wildman–Crippen LogP) is 5.31. The maximum absolute atomic E-state index is 12.0. The Kier molecular flexibility index (Phi) is 7.89. The Morgan fingerprint density at radius 3 is 2.39 bits per heavy atom. The monoisotopic (exact) mass is 475 g/mol. The molecule has 3 rings (SSSR count). The molecule has 0 heterocycles. The minimum Gasteiger partial charge on any atom is -0.488 e. The Hall–Kier alpha value is -3.06. The number of nitrogens with one attached hydrogen (secondary N) is 2. The molecule has 0 saturated heterocycles. The number of para-hydroxylation sites is 1. The Morgan fingerprint density at radius 2 is 1.58 bits per heavy atom. The van der Waals surface area contributed by atoms with Gasteiger partial charge in [0.05, 0.1) is 21.9 Å². The third-order valence-corrected chi connectivity index (χ3v) is 5.22. The second-order valence-corrected chi connectivity index (χ2v) is 7.36. The molecule has 3 aromatic carbocycles. The fourth-order valence-corrected chi connectivity index (χ4v) is 3.02. The molecular formula is C22H16Cl3N3O3. The van der Waals surface area contributed by atoms with E-state index in [1.54, 1.807) is 42.5 Å². The van der Waals surface area contributed by atoms with E-state index in [0.717, 1.165) is 5.56 Å². The van der Waals surface area contributed by atoms with E-state index >= 15 is 0 Å². The summed E-state index contributed by atoms with van der Waals surface area (Å²) in [6, 6.07) is 19.1. The zero-order chi connectivity index (χ0) is 22.2. The van der Waals surface area contributed by atoms with Crippen LogP contribution in [0.2, 0.25) is 15.1 Å². The first-order chi connectivity index (χ1) is 15.0. The van der Waals surface area contributed by atoms with Crippen LogP contribution < -0.4 is 15.5 Å². The predicted molar refractivity (Wildman–Crippen MR) is 123 cm³/mol. The molecule has 0 aliphatic carbocycles. The van der Waals surface area contributed by atoms with Crippen molar-refractivity contribution in [2.45, 2.75) is 6.61 Å². The Morgan fingerprint density at radius 1 is 0.871 bits per heavy atom. The lowest BCUT2D eigenvalue weighted by atomic mass is 10.2. The number of hydrazone groups is 1. The number of halogens is 3. The van der Waals surface area contributed by atoms with Crippen molar-refractivity contribution in [1.82, 2.24) is 5.43 Å². The van der Waals surface area contributed by atoms with Gasteiger partial charge in [0.15, 0.2) is 0 Å². The van der Waals surface area contributed by atoms with E-state index in [2.05, 4.69) is 15.8 Å². The first kappa shape index (κ1) is 22.6. The number of ether oxygens (including phenoxy) is 1. The van der Waals surface area contributed by atoms with Gasteiger partial charge in [0.25, 0.3) is 0 Å². The molecule has 158 valence electrons. The van der Waals surface area contributed by atoms with Gasteiger partial charge >= 0.3 is 11.8 Å². The third kappa shape index (κ3) is 6.21. The van der Waals surface area contributed by atoms with Gasteiger partial charge in [0, 0.05) is 16.1 Å². The van der Waals surface area contributed by atoms with E-state index in [1.807, 2.05) is 18.2 Å². The van der Waals surface area contributed by atoms with Crippen molar-refractivity contribution in [2.75, 3.05) is 5.32 Å². The van der Waals surface area contributed by atoms with Crippen molar-refractivity contribution in [1.29, 1.82) is 0 Å². The summed E-state index contributed by atoms with van der Waals surface area (Å²) in [5.41, 5.74) is 3.82. The Labute approximate surface area is 193 Å². The van der Waals surface area contributed by atoms with E-state index in [9.17, 15) is 9.59 Å². The van der Waals surface area contributed by atoms with Crippen LogP contribution in [0.15, 0.2) is 71.8 Å². The largest absolute Gasteiger partial charge is 0.488 e. The number of rotatable bonds is 6. The highest BCUT2D eigenvalue weighted by Gasteiger charge is 2.15. The van der Waals surface area contributed by atoms with E-state index in [1.165, 1.54) is 12.3 Å². The quantitative estimate of drug-likeness (QED) is 0.287. The standard InChI is InChI=1S/C22H16Cl3N3O3/c23-16-8-3-1-7-15(16)13-31-19-11-4-2-6-14(19)12-26-28-22(30)21(29)27-18-10-5-9-17(24)20(18)25/h1-12H,13H2,(H,27,29)(H,28,30)/b26-12-. The number of hydrogen-bond acceptors (Lipinski definition) is 4. The van der Waals surface area contributed by atoms with Crippen molar-refractivity contribution in [3.05, 3.63) is 92.9 Å². The summed E-state index contributed by atoms with van der Waals surface area (Å²) in [6.07, 6.45) is 1.37. The number of anilines is 1. The molecule has 9 heteroatoms. The molecule has 0 saturated carbocycles. The summed E-state index contributed by atoms with van der Waals surface area (Å²) in [6.45, 7) is 0.264. The summed E-state index contributed by atoms with van der Waals surface area (Å²) in [4.78, 5) is 24.0. The fourth-order valence-electron chi connectivity index (χ4n) is 2.48. The van der Waals surface area contributed by atoms with Crippen molar-refractivity contribution in [3.63, 3.8) is 0 Å². The SMILES string of the molecule is O=C(N/N=C\c1ccccc1OCc1ccccc1Cl)C(=O)Nc1cccc(Cl)c1Cl. The number of nitrogens with zero attached hydrogens (tertiary/aromatic N) is 1. The number of carbonyl (C=O) groups is 2. The van der Waals surface area contributed by atoms with E-state index in [-0.39, 0.29) is 22.3 Å². The van der Waals surface area contributed by atoms with Gasteiger partial charge in [-0.1, -0.05) is 71.2 Å². The Balaban J connectivity index is 1.60. The third-order valence-electron chi connectivity index (χ3n) is 4.04. The van der Waals surface area contributed by atoms with Gasteiger partial charge < -0.3 is 10.1 Å². The van der Waals surface area contributed by atoms with Crippen LogP contribution in [-0.4, -0.2) is 18.0 Å². The van der Waals surface area contributed by atoms with Crippen molar-refractivity contribution in [3.8, 4) is 5.75 Å². The zero-order valence-corrected chi connectivity index (χ0v) is 18.2. The van der Waals surface area contributed by atoms with Gasteiger partial charge in [0.1, 0.15) is 12.4 Å². The first-order valence-corrected chi connectivity index (χ1v) is 10.1. The maximum atomic E-state index is 12.0. The summed E-state index contributed by atoms with van der Waals surface area (Å²) >= 11 is 18.0. The number of amides is 2. The molecule has 0 spiro atoms. The topological polar surface area (TPSA) is 79.8 Å². The fraction of sp³-hybridized carbons (Fsp3) is 0.0455. The van der Waals surface area contributed by atoms with Crippen LogP contribution in [0.5, 0.6) is 5.75 Å². The van der Waals surface area contributed by atoms with Crippen LogP contribution in [0, 0.1) is 0 Å². The minimum atomic E-state index is -0.971. The van der Waals surface area contributed by atoms with Crippen molar-refractivity contribution >= 4 is 58.5 Å². The molecular weight excluding hydrogens is 461 g/mol. The smallest absolute Gasteiger partial charge is 0.329 e. The molecule has 0 radical (unpaired) electrons. The second kappa shape index (κ2) is 10.8. The van der Waals surface area contributed by atoms with Gasteiger partial charge in [-0.3, -0.25) is 9.59 Å². The van der Waals surface area contributed by atoms with Gasteiger partial charge in [0.2, 0.25) is 0 Å². The van der Waals surface area contributed by atoms with Gasteiger partial charge in [-0.15, -0.1) is 0 Å². The molecule has 0 unspecified atom stereocenters. The van der Waals surface area contributed by atoms with E-state index < -0.39 is 11.8 Å². The highest BCUT2D eigenvalue weighted by molar-refractivity contribution is 6.45. The van der Waals surface area contributed by atoms with Crippen LogP contribution in [0.25, 0.3) is 0 Å². The summed E-state index contributed by atoms with van der Waals surface area (Å²) in [5.74, 6) is -1.37. The zero-order valence-electron chi connectivity index (χ0n) is 15.9. The van der Waals surface area contributed by atoms with E-state index in [0.29, 0.717) is 16.3 Å². The molecule has 0 fully saturated rings. The number of benzene rings is 3. The van der Waals surface area contributed by atoms with Crippen molar-refractivity contribution in [2.24, 2.45) is 5.10 Å². The maximum Gasteiger partial charge on any atom is 0.329 e. The lowest BCUT2D eigenvalue weighted by Crippen LogP contribution is -2.32. The van der Waals surface area contributed by atoms with Gasteiger partial charge in [-0.05, 0) is 30.3 Å². The normalized spacial score (nSPS) is 10.7. The molecule has 0 aliphatic heterocycles. The number of hydrogen-bond donors (Lipinski definition) is 2. The molecule has 2 amide bonds. The number of carbonyl (C=O) groups excluding carboxylic acids is 2. The van der Waals surface area contributed by atoms with Crippen molar-refractivity contribution < 1.29 is 14.3 Å². The molecule has 0 atom stereocenters. The molecule has 2 N–H and O–H groups in total. The molecule has 31 heavy (non-hydrogen) atoms. The summed E-state index contributed by atoms with van der Waals surface area (Å²) in [7, 11) is 0. The second-order valence-electron chi connectivity index (χ2n) is 6.17. The molecule has 0 aromatic heterocycles. The van der Waals surface area contributed by atoms with E-state index in [4.69, 9.17) is 39.5 Å². The molecule has 0 aliphatic rings. The highest BCUT2D eigenvalue weighted by Crippen LogP contribution is 2.29. The average Bonchev–Trinajstić information content (AvgIpc) is 2.77. The molecule has 6 nitrogen and oxygen atoms in total. The molecule has 3 aromatic rings. The van der Waals surface area contributed by atoms with Crippen LogP contribution in [-0.2, 0) is 16.2 Å².